The van der Waals surface area contributed by atoms with Crippen molar-refractivity contribution in [2.45, 2.75) is 19.4 Å². The summed E-state index contributed by atoms with van der Waals surface area (Å²) in [5.41, 5.74) is 5.31. The molecule has 0 aliphatic carbocycles. The average Bonchev–Trinajstić information content (AvgIpc) is 2.11. The standard InChI is InChI=1S/C8H14N2O5/c1-2-10(4-7(13)14)8(15)5(9)3-6(11)12/h5H,2-4,9H2,1H3,(H,11,12)(H,13,14). The smallest absolute Gasteiger partial charge is 0.323 e. The Hall–Kier alpha value is -1.63. The Morgan fingerprint density at radius 2 is 1.80 bits per heavy atom. The molecule has 0 aliphatic rings. The molecule has 0 radical (unpaired) electrons. The molecule has 4 N–H and O–H groups in total. The zero-order valence-electron chi connectivity index (χ0n) is 8.34. The van der Waals surface area contributed by atoms with Gasteiger partial charge in [0.2, 0.25) is 5.91 Å². The lowest BCUT2D eigenvalue weighted by Gasteiger charge is -2.21. The number of rotatable bonds is 6. The summed E-state index contributed by atoms with van der Waals surface area (Å²) in [7, 11) is 0. The molecule has 0 aromatic carbocycles. The fourth-order valence-corrected chi connectivity index (χ4v) is 1.02. The SMILES string of the molecule is CCN(CC(=O)O)C(=O)C(N)CC(=O)O. The molecule has 1 unspecified atom stereocenters. The second-order valence-electron chi connectivity index (χ2n) is 2.95. The number of hydrogen-bond acceptors (Lipinski definition) is 4. The highest BCUT2D eigenvalue weighted by Gasteiger charge is 2.23. The first-order valence-electron chi connectivity index (χ1n) is 4.36. The van der Waals surface area contributed by atoms with Crippen LogP contribution in [-0.2, 0) is 14.4 Å². The molecule has 0 saturated heterocycles. The molecule has 0 rings (SSSR count). The average molecular weight is 218 g/mol. The van der Waals surface area contributed by atoms with Crippen molar-refractivity contribution in [1.29, 1.82) is 0 Å². The Kier molecular flexibility index (Phi) is 5.32. The van der Waals surface area contributed by atoms with Crippen molar-refractivity contribution >= 4 is 17.8 Å². The summed E-state index contributed by atoms with van der Waals surface area (Å²) >= 11 is 0. The highest BCUT2D eigenvalue weighted by atomic mass is 16.4. The molecule has 0 aliphatic heterocycles. The van der Waals surface area contributed by atoms with E-state index >= 15 is 0 Å². The molecule has 0 heterocycles. The largest absolute Gasteiger partial charge is 0.481 e. The van der Waals surface area contributed by atoms with Crippen LogP contribution in [0.1, 0.15) is 13.3 Å². The summed E-state index contributed by atoms with van der Waals surface area (Å²) in [6, 6.07) is -1.19. The van der Waals surface area contributed by atoms with Crippen LogP contribution in [0.25, 0.3) is 0 Å². The summed E-state index contributed by atoms with van der Waals surface area (Å²) in [5, 5.41) is 16.9. The number of carboxylic acid groups (broad SMARTS) is 2. The third-order valence-electron chi connectivity index (χ3n) is 1.73. The van der Waals surface area contributed by atoms with Gasteiger partial charge < -0.3 is 20.8 Å². The van der Waals surface area contributed by atoms with Crippen molar-refractivity contribution in [2.75, 3.05) is 13.1 Å². The van der Waals surface area contributed by atoms with Crippen LogP contribution in [0.15, 0.2) is 0 Å². The third-order valence-corrected chi connectivity index (χ3v) is 1.73. The quantitative estimate of drug-likeness (QED) is 0.510. The Labute approximate surface area is 86.5 Å². The fraction of sp³-hybridized carbons (Fsp3) is 0.625. The maximum atomic E-state index is 11.4. The number of nitrogens with two attached hydrogens (primary N) is 1. The Balaban J connectivity index is 4.36. The van der Waals surface area contributed by atoms with E-state index in [4.69, 9.17) is 15.9 Å². The molecule has 1 atom stereocenters. The van der Waals surface area contributed by atoms with Crippen LogP contribution in [0.3, 0.4) is 0 Å². The van der Waals surface area contributed by atoms with Gasteiger partial charge in [-0.2, -0.15) is 0 Å². The van der Waals surface area contributed by atoms with E-state index in [1.54, 1.807) is 6.92 Å². The van der Waals surface area contributed by atoms with E-state index in [-0.39, 0.29) is 6.54 Å². The van der Waals surface area contributed by atoms with E-state index < -0.39 is 36.9 Å². The minimum absolute atomic E-state index is 0.179. The lowest BCUT2D eigenvalue weighted by atomic mass is 10.2. The van der Waals surface area contributed by atoms with Gasteiger partial charge in [0.25, 0.3) is 0 Å². The molecule has 15 heavy (non-hydrogen) atoms. The molecule has 0 aromatic rings. The predicted molar refractivity (Wildman–Crippen MR) is 50.1 cm³/mol. The second kappa shape index (κ2) is 5.97. The number of carbonyl (C=O) groups excluding carboxylic acids is 1. The summed E-state index contributed by atoms with van der Waals surface area (Å²) in [4.78, 5) is 33.1. The van der Waals surface area contributed by atoms with Gasteiger partial charge in [-0.3, -0.25) is 14.4 Å². The van der Waals surface area contributed by atoms with Crippen molar-refractivity contribution in [1.82, 2.24) is 4.90 Å². The van der Waals surface area contributed by atoms with Crippen molar-refractivity contribution in [2.24, 2.45) is 5.73 Å². The summed E-state index contributed by atoms with van der Waals surface area (Å²) < 4.78 is 0. The first-order valence-corrected chi connectivity index (χ1v) is 4.36. The summed E-state index contributed by atoms with van der Waals surface area (Å²) in [6.07, 6.45) is -0.505. The molecule has 1 amide bonds. The number of nitrogens with zero attached hydrogens (tertiary/aromatic N) is 1. The molecule has 0 fully saturated rings. The zero-order chi connectivity index (χ0) is 12.0. The topological polar surface area (TPSA) is 121 Å². The van der Waals surface area contributed by atoms with Crippen molar-refractivity contribution in [3.63, 3.8) is 0 Å². The minimum Gasteiger partial charge on any atom is -0.481 e. The number of carboxylic acids is 2. The van der Waals surface area contributed by atoms with E-state index in [1.165, 1.54) is 0 Å². The van der Waals surface area contributed by atoms with Crippen LogP contribution in [0.5, 0.6) is 0 Å². The van der Waals surface area contributed by atoms with Gasteiger partial charge >= 0.3 is 11.9 Å². The minimum atomic E-state index is -1.19. The lowest BCUT2D eigenvalue weighted by Crippen LogP contribution is -2.46. The maximum Gasteiger partial charge on any atom is 0.323 e. The van der Waals surface area contributed by atoms with E-state index in [2.05, 4.69) is 0 Å². The number of hydrogen-bond donors (Lipinski definition) is 3. The van der Waals surface area contributed by atoms with Gasteiger partial charge in [0, 0.05) is 6.54 Å². The number of amides is 1. The second-order valence-corrected chi connectivity index (χ2v) is 2.95. The van der Waals surface area contributed by atoms with Gasteiger partial charge in [0.15, 0.2) is 0 Å². The fourth-order valence-electron chi connectivity index (χ4n) is 1.02. The molecular weight excluding hydrogens is 204 g/mol. The van der Waals surface area contributed by atoms with Gasteiger partial charge in [-0.15, -0.1) is 0 Å². The number of carbonyl (C=O) groups is 3. The molecule has 7 heteroatoms. The number of aliphatic carboxylic acids is 2. The first-order chi connectivity index (χ1) is 6.88. The van der Waals surface area contributed by atoms with Crippen LogP contribution in [0.2, 0.25) is 0 Å². The van der Waals surface area contributed by atoms with Gasteiger partial charge in [-0.1, -0.05) is 0 Å². The zero-order valence-corrected chi connectivity index (χ0v) is 8.34. The number of likely N-dealkylation sites (N-methyl/N-ethyl adjacent to an activating group) is 1. The normalized spacial score (nSPS) is 11.9. The van der Waals surface area contributed by atoms with Crippen LogP contribution in [0.4, 0.5) is 0 Å². The molecule has 0 saturated carbocycles. The first kappa shape index (κ1) is 13.4. The van der Waals surface area contributed by atoms with Crippen LogP contribution in [0, 0.1) is 0 Å². The van der Waals surface area contributed by atoms with Crippen LogP contribution >= 0.6 is 0 Å². The van der Waals surface area contributed by atoms with Gasteiger partial charge in [-0.25, -0.2) is 0 Å². The highest BCUT2D eigenvalue weighted by molar-refractivity contribution is 5.88. The van der Waals surface area contributed by atoms with E-state index in [9.17, 15) is 14.4 Å². The molecule has 7 nitrogen and oxygen atoms in total. The van der Waals surface area contributed by atoms with Crippen molar-refractivity contribution < 1.29 is 24.6 Å². The van der Waals surface area contributed by atoms with Gasteiger partial charge in [0.05, 0.1) is 12.5 Å². The molecule has 0 spiro atoms. The third kappa shape index (κ3) is 4.96. The molecule has 0 bridgehead atoms. The highest BCUT2D eigenvalue weighted by Crippen LogP contribution is 1.97. The predicted octanol–water partition coefficient (Wildman–Crippen LogP) is -1.28. The van der Waals surface area contributed by atoms with Gasteiger partial charge in [-0.05, 0) is 6.92 Å². The molecule has 0 aromatic heterocycles. The van der Waals surface area contributed by atoms with Gasteiger partial charge in [0.1, 0.15) is 6.54 Å². The summed E-state index contributed by atoms with van der Waals surface area (Å²) in [6.45, 7) is 1.30. The molecular formula is C8H14N2O5. The monoisotopic (exact) mass is 218 g/mol. The Morgan fingerprint density at radius 1 is 1.27 bits per heavy atom. The van der Waals surface area contributed by atoms with Crippen molar-refractivity contribution in [3.05, 3.63) is 0 Å². The van der Waals surface area contributed by atoms with E-state index in [1.807, 2.05) is 0 Å². The van der Waals surface area contributed by atoms with Crippen LogP contribution in [-0.4, -0.2) is 52.1 Å². The maximum absolute atomic E-state index is 11.4. The van der Waals surface area contributed by atoms with E-state index in [0.717, 1.165) is 4.90 Å². The van der Waals surface area contributed by atoms with Crippen molar-refractivity contribution in [3.8, 4) is 0 Å². The molecule has 86 valence electrons. The summed E-state index contributed by atoms with van der Waals surface area (Å²) in [5.74, 6) is -3.02. The van der Waals surface area contributed by atoms with Crippen LogP contribution < -0.4 is 5.73 Å². The lowest BCUT2D eigenvalue weighted by molar-refractivity contribution is -0.146. The van der Waals surface area contributed by atoms with E-state index in [0.29, 0.717) is 0 Å². The Bertz CT molecular complexity index is 266. The Morgan fingerprint density at radius 3 is 2.13 bits per heavy atom.